The van der Waals surface area contributed by atoms with Crippen LogP contribution in [-0.4, -0.2) is 45.4 Å². The molecule has 44 heavy (non-hydrogen) atoms. The van der Waals surface area contributed by atoms with E-state index < -0.39 is 39.7 Å². The third kappa shape index (κ3) is 6.70. The van der Waals surface area contributed by atoms with Gasteiger partial charge in [-0.05, 0) is 23.3 Å². The van der Waals surface area contributed by atoms with Crippen LogP contribution in [0.5, 0.6) is 0 Å². The molecule has 0 bridgehead atoms. The molecule has 0 saturated heterocycles. The van der Waals surface area contributed by atoms with Crippen molar-refractivity contribution in [3.63, 3.8) is 0 Å². The number of halogens is 6. The van der Waals surface area contributed by atoms with Crippen molar-refractivity contribution in [3.8, 4) is 11.1 Å². The molecule has 16 heteroatoms. The van der Waals surface area contributed by atoms with E-state index >= 15 is 0 Å². The number of hydrogen-bond acceptors (Lipinski definition) is 8. The highest BCUT2D eigenvalue weighted by molar-refractivity contribution is 7.90. The Balaban J connectivity index is 0.000000245. The van der Waals surface area contributed by atoms with Crippen LogP contribution in [0.25, 0.3) is 11.1 Å². The number of alkyl halides is 6. The molecule has 1 N–H and O–H groups in total. The van der Waals surface area contributed by atoms with Gasteiger partial charge in [-0.3, -0.25) is 4.79 Å². The SMILES string of the molecule is CS(=O)(=O)c1ccc(-c2ccccc2)c(C(=O)N2Cc3cnc(C(F)(F)F)nc3C2)c1.FC(F)(F)c1ncc2c(n1)CNC2. The van der Waals surface area contributed by atoms with E-state index in [0.717, 1.165) is 18.0 Å². The van der Waals surface area contributed by atoms with Crippen molar-refractivity contribution in [2.75, 3.05) is 6.26 Å². The number of fused-ring (bicyclic) bond motifs is 2. The lowest BCUT2D eigenvalue weighted by Crippen LogP contribution is -2.26. The largest absolute Gasteiger partial charge is 0.451 e. The lowest BCUT2D eigenvalue weighted by Gasteiger charge is -2.18. The predicted octanol–water partition coefficient (Wildman–Crippen LogP) is 4.82. The summed E-state index contributed by atoms with van der Waals surface area (Å²) >= 11 is 0. The molecule has 9 nitrogen and oxygen atoms in total. The molecule has 0 spiro atoms. The van der Waals surface area contributed by atoms with Crippen LogP contribution >= 0.6 is 0 Å². The third-order valence-electron chi connectivity index (χ3n) is 6.75. The normalized spacial score (nSPS) is 14.5. The summed E-state index contributed by atoms with van der Waals surface area (Å²) in [6, 6.07) is 13.2. The molecule has 6 rings (SSSR count). The first kappa shape index (κ1) is 31.0. The minimum Gasteiger partial charge on any atom is -0.328 e. The van der Waals surface area contributed by atoms with Gasteiger partial charge in [-0.2, -0.15) is 26.3 Å². The lowest BCUT2D eigenvalue weighted by molar-refractivity contribution is -0.145. The van der Waals surface area contributed by atoms with Crippen LogP contribution in [0.3, 0.4) is 0 Å². The van der Waals surface area contributed by atoms with Crippen LogP contribution in [0, 0.1) is 0 Å². The zero-order valence-electron chi connectivity index (χ0n) is 22.7. The first-order valence-electron chi connectivity index (χ1n) is 12.8. The zero-order valence-corrected chi connectivity index (χ0v) is 23.6. The van der Waals surface area contributed by atoms with Gasteiger partial charge in [0.05, 0.1) is 22.8 Å². The topological polar surface area (TPSA) is 118 Å². The molecule has 2 aliphatic heterocycles. The van der Waals surface area contributed by atoms with Crippen LogP contribution in [0.4, 0.5) is 26.3 Å². The number of hydrogen-bond donors (Lipinski definition) is 1. The number of amides is 1. The van der Waals surface area contributed by atoms with Crippen molar-refractivity contribution in [2.45, 2.75) is 43.4 Å². The number of nitrogens with one attached hydrogen (secondary N) is 1. The fourth-order valence-corrected chi connectivity index (χ4v) is 5.25. The third-order valence-corrected chi connectivity index (χ3v) is 7.86. The molecule has 230 valence electrons. The van der Waals surface area contributed by atoms with Gasteiger partial charge in [0.25, 0.3) is 5.91 Å². The Morgan fingerprint density at radius 3 is 2.05 bits per heavy atom. The van der Waals surface area contributed by atoms with Gasteiger partial charge in [0.2, 0.25) is 11.6 Å². The maximum Gasteiger partial charge on any atom is 0.451 e. The Kier molecular flexibility index (Phi) is 8.15. The Morgan fingerprint density at radius 2 is 1.43 bits per heavy atom. The number of nitrogens with zero attached hydrogens (tertiary/aromatic N) is 5. The molecule has 0 fully saturated rings. The monoisotopic (exact) mass is 636 g/mol. The first-order valence-corrected chi connectivity index (χ1v) is 14.7. The minimum atomic E-state index is -4.68. The smallest absolute Gasteiger partial charge is 0.328 e. The van der Waals surface area contributed by atoms with Gasteiger partial charge in [0.15, 0.2) is 9.84 Å². The standard InChI is InChI=1S/C21H16F3N3O3S.C7H6F3N3/c1-31(29,30)15-7-8-16(13-5-3-2-4-6-13)17(9-15)19(28)27-11-14-10-25-20(21(22,23)24)26-18(14)12-27;8-7(9,10)6-12-2-4-1-11-3-5(4)13-6/h2-10H,11-12H2,1H3;2,11H,1,3H2. The second kappa shape index (κ2) is 11.6. The number of carbonyl (C=O) groups excluding carboxylic acids is 1. The number of carbonyl (C=O) groups is 1. The maximum atomic E-state index is 13.3. The fraction of sp³-hybridized carbons (Fsp3) is 0.250. The van der Waals surface area contributed by atoms with Gasteiger partial charge < -0.3 is 10.2 Å². The molecule has 0 aliphatic carbocycles. The molecule has 4 heterocycles. The van der Waals surface area contributed by atoms with Crippen molar-refractivity contribution in [1.82, 2.24) is 30.2 Å². The van der Waals surface area contributed by atoms with Crippen LogP contribution < -0.4 is 5.32 Å². The Labute approximate surface area is 246 Å². The molecule has 2 aromatic carbocycles. The van der Waals surface area contributed by atoms with E-state index in [1.54, 1.807) is 30.3 Å². The summed E-state index contributed by atoms with van der Waals surface area (Å²) in [5.74, 6) is -2.82. The average molecular weight is 637 g/mol. The fourth-order valence-electron chi connectivity index (χ4n) is 4.60. The Bertz CT molecular complexity index is 1830. The average Bonchev–Trinajstić information content (AvgIpc) is 3.62. The van der Waals surface area contributed by atoms with Gasteiger partial charge in [0, 0.05) is 55.0 Å². The molecule has 0 radical (unpaired) electrons. The van der Waals surface area contributed by atoms with Crippen molar-refractivity contribution in [2.24, 2.45) is 0 Å². The van der Waals surface area contributed by atoms with E-state index in [1.165, 1.54) is 23.2 Å². The van der Waals surface area contributed by atoms with Gasteiger partial charge in [-0.1, -0.05) is 36.4 Å². The summed E-state index contributed by atoms with van der Waals surface area (Å²) in [6.45, 7) is 0.842. The molecule has 4 aromatic rings. The summed E-state index contributed by atoms with van der Waals surface area (Å²) in [4.78, 5) is 28.2. The molecule has 1 amide bonds. The van der Waals surface area contributed by atoms with Crippen LogP contribution in [-0.2, 0) is 48.4 Å². The summed E-state index contributed by atoms with van der Waals surface area (Å²) in [7, 11) is -3.58. The summed E-state index contributed by atoms with van der Waals surface area (Å²) in [6.07, 6.45) is -5.79. The number of aromatic nitrogens is 4. The lowest BCUT2D eigenvalue weighted by atomic mass is 9.99. The number of sulfone groups is 1. The summed E-state index contributed by atoms with van der Waals surface area (Å²) in [5.41, 5.74) is 3.11. The zero-order chi connectivity index (χ0) is 31.9. The van der Waals surface area contributed by atoms with E-state index in [2.05, 4.69) is 25.3 Å². The highest BCUT2D eigenvalue weighted by atomic mass is 32.2. The highest BCUT2D eigenvalue weighted by Crippen LogP contribution is 2.32. The number of benzene rings is 2. The van der Waals surface area contributed by atoms with Gasteiger partial charge >= 0.3 is 12.4 Å². The van der Waals surface area contributed by atoms with Crippen molar-refractivity contribution >= 4 is 15.7 Å². The van der Waals surface area contributed by atoms with E-state index in [-0.39, 0.29) is 29.2 Å². The predicted molar refractivity (Wildman–Crippen MR) is 143 cm³/mol. The molecule has 0 atom stereocenters. The molecule has 2 aromatic heterocycles. The molecule has 0 saturated carbocycles. The van der Waals surface area contributed by atoms with Crippen LogP contribution in [0.15, 0.2) is 65.8 Å². The molecular formula is C28H22F6N6O3S. The maximum absolute atomic E-state index is 13.3. The second-order valence-electron chi connectivity index (χ2n) is 9.94. The van der Waals surface area contributed by atoms with E-state index in [0.29, 0.717) is 35.5 Å². The first-order chi connectivity index (χ1) is 20.6. The molecule has 2 aliphatic rings. The Hall–Kier alpha value is -4.44. The van der Waals surface area contributed by atoms with Crippen molar-refractivity contribution in [1.29, 1.82) is 0 Å². The highest BCUT2D eigenvalue weighted by Gasteiger charge is 2.37. The van der Waals surface area contributed by atoms with Gasteiger partial charge in [0.1, 0.15) is 0 Å². The van der Waals surface area contributed by atoms with Crippen molar-refractivity contribution < 1.29 is 39.6 Å². The van der Waals surface area contributed by atoms with Crippen LogP contribution in [0.2, 0.25) is 0 Å². The van der Waals surface area contributed by atoms with Crippen molar-refractivity contribution in [3.05, 3.63) is 101 Å². The minimum absolute atomic E-state index is 0.0219. The molecular weight excluding hydrogens is 614 g/mol. The number of rotatable bonds is 3. The van der Waals surface area contributed by atoms with E-state index in [1.807, 2.05) is 6.07 Å². The summed E-state index contributed by atoms with van der Waals surface area (Å²) < 4.78 is 99.1. The quantitative estimate of drug-likeness (QED) is 0.318. The van der Waals surface area contributed by atoms with E-state index in [4.69, 9.17) is 0 Å². The second-order valence-corrected chi connectivity index (χ2v) is 12.0. The van der Waals surface area contributed by atoms with Crippen LogP contribution in [0.1, 0.15) is 44.5 Å². The van der Waals surface area contributed by atoms with Gasteiger partial charge in [-0.25, -0.2) is 28.4 Å². The van der Waals surface area contributed by atoms with Gasteiger partial charge in [-0.15, -0.1) is 0 Å². The Morgan fingerprint density at radius 1 is 0.818 bits per heavy atom. The summed E-state index contributed by atoms with van der Waals surface area (Å²) in [5, 5.41) is 2.90. The van der Waals surface area contributed by atoms with E-state index in [9.17, 15) is 39.6 Å². The molecule has 0 unspecified atom stereocenters.